The lowest BCUT2D eigenvalue weighted by molar-refractivity contribution is 0.618. The second-order valence-electron chi connectivity index (χ2n) is 7.02. The number of nitrogens with two attached hydrogens (primary N) is 1. The Kier molecular flexibility index (Phi) is 5.52. The first kappa shape index (κ1) is 19.4. The number of nitrogens with one attached hydrogen (secondary N) is 2. The van der Waals surface area contributed by atoms with E-state index < -0.39 is 0 Å². The minimum Gasteiger partial charge on any atom is -0.397 e. The van der Waals surface area contributed by atoms with Crippen LogP contribution in [0.2, 0.25) is 0 Å². The van der Waals surface area contributed by atoms with Crippen molar-refractivity contribution >= 4 is 56.8 Å². The summed E-state index contributed by atoms with van der Waals surface area (Å²) >= 11 is 2.30. The molecule has 0 fully saturated rings. The van der Waals surface area contributed by atoms with E-state index in [4.69, 9.17) is 5.73 Å². The van der Waals surface area contributed by atoms with Crippen LogP contribution in [0.3, 0.4) is 0 Å². The van der Waals surface area contributed by atoms with Crippen LogP contribution in [-0.2, 0) is 6.54 Å². The first-order valence-electron chi connectivity index (χ1n) is 9.34. The number of aromatic nitrogens is 4. The van der Waals surface area contributed by atoms with Crippen molar-refractivity contribution in [2.24, 2.45) is 0 Å². The monoisotopic (exact) mass is 499 g/mol. The second kappa shape index (κ2) is 8.24. The molecule has 4 N–H and O–H groups in total. The quantitative estimate of drug-likeness (QED) is 0.257. The highest BCUT2D eigenvalue weighted by atomic mass is 127. The van der Waals surface area contributed by atoms with Gasteiger partial charge in [-0.05, 0) is 72.3 Å². The lowest BCUT2D eigenvalue weighted by Gasteiger charge is -2.12. The summed E-state index contributed by atoms with van der Waals surface area (Å²) in [7, 11) is 0. The average Bonchev–Trinajstić information content (AvgIpc) is 3.17. The number of halogens is 1. The zero-order valence-corrected chi connectivity index (χ0v) is 18.4. The van der Waals surface area contributed by atoms with E-state index in [0.717, 1.165) is 22.5 Å². The number of nitrogen functional groups attached to an aromatic ring is 1. The van der Waals surface area contributed by atoms with Crippen molar-refractivity contribution in [3.05, 3.63) is 64.1 Å². The van der Waals surface area contributed by atoms with E-state index in [1.54, 1.807) is 6.20 Å². The van der Waals surface area contributed by atoms with Gasteiger partial charge in [0.1, 0.15) is 11.3 Å². The highest BCUT2D eigenvalue weighted by molar-refractivity contribution is 14.1. The fourth-order valence-corrected chi connectivity index (χ4v) is 3.46. The number of benzene rings is 2. The van der Waals surface area contributed by atoms with Crippen molar-refractivity contribution < 1.29 is 0 Å². The number of imidazole rings is 1. The fourth-order valence-electron chi connectivity index (χ4n) is 3.10. The van der Waals surface area contributed by atoms with Crippen molar-refractivity contribution in [3.8, 4) is 0 Å². The van der Waals surface area contributed by atoms with Crippen LogP contribution in [0.1, 0.15) is 25.5 Å². The van der Waals surface area contributed by atoms with E-state index >= 15 is 0 Å². The Morgan fingerprint density at radius 3 is 2.62 bits per heavy atom. The van der Waals surface area contributed by atoms with Crippen LogP contribution >= 0.6 is 22.6 Å². The molecule has 8 heteroatoms. The Bertz CT molecular complexity index is 1140. The Morgan fingerprint density at radius 1 is 1.07 bits per heavy atom. The first-order valence-corrected chi connectivity index (χ1v) is 10.4. The molecule has 0 aliphatic heterocycles. The van der Waals surface area contributed by atoms with E-state index in [1.165, 1.54) is 9.13 Å². The van der Waals surface area contributed by atoms with E-state index in [1.807, 2.05) is 24.5 Å². The third-order valence-electron chi connectivity index (χ3n) is 4.60. The Morgan fingerprint density at radius 2 is 1.86 bits per heavy atom. The molecule has 148 valence electrons. The lowest BCUT2D eigenvalue weighted by atomic mass is 10.2. The number of hydrogen-bond donors (Lipinski definition) is 3. The molecule has 0 radical (unpaired) electrons. The summed E-state index contributed by atoms with van der Waals surface area (Å²) in [6.07, 6.45) is 3.55. The fraction of sp³-hybridized carbons (Fsp3) is 0.190. The van der Waals surface area contributed by atoms with Gasteiger partial charge in [-0.1, -0.05) is 12.1 Å². The summed E-state index contributed by atoms with van der Waals surface area (Å²) in [6, 6.07) is 14.3. The van der Waals surface area contributed by atoms with Gasteiger partial charge in [-0.15, -0.1) is 0 Å². The van der Waals surface area contributed by atoms with Gasteiger partial charge in [-0.3, -0.25) is 0 Å². The Balaban J connectivity index is 1.55. The van der Waals surface area contributed by atoms with Gasteiger partial charge >= 0.3 is 0 Å². The molecule has 29 heavy (non-hydrogen) atoms. The van der Waals surface area contributed by atoms with Crippen molar-refractivity contribution in [1.82, 2.24) is 19.5 Å². The summed E-state index contributed by atoms with van der Waals surface area (Å²) in [5.74, 6) is 1.25. The van der Waals surface area contributed by atoms with Crippen molar-refractivity contribution in [2.45, 2.75) is 26.4 Å². The predicted molar refractivity (Wildman–Crippen MR) is 126 cm³/mol. The molecule has 4 rings (SSSR count). The van der Waals surface area contributed by atoms with Crippen LogP contribution in [0.25, 0.3) is 11.0 Å². The molecule has 0 aliphatic rings. The van der Waals surface area contributed by atoms with Gasteiger partial charge in [0.05, 0.1) is 23.2 Å². The molecule has 0 amide bonds. The van der Waals surface area contributed by atoms with Crippen LogP contribution in [0, 0.1) is 3.57 Å². The molecule has 0 unspecified atom stereocenters. The molecular formula is C21H22IN7. The van der Waals surface area contributed by atoms with Crippen LogP contribution in [0.4, 0.5) is 23.1 Å². The zero-order chi connectivity index (χ0) is 20.4. The van der Waals surface area contributed by atoms with Crippen molar-refractivity contribution in [2.75, 3.05) is 16.4 Å². The van der Waals surface area contributed by atoms with E-state index in [0.29, 0.717) is 18.2 Å². The molecule has 0 saturated carbocycles. The number of fused-ring (bicyclic) bond motifs is 1. The summed E-state index contributed by atoms with van der Waals surface area (Å²) in [5, 5.41) is 6.62. The van der Waals surface area contributed by atoms with Crippen molar-refractivity contribution in [3.63, 3.8) is 0 Å². The third-order valence-corrected chi connectivity index (χ3v) is 5.32. The molecule has 0 spiro atoms. The van der Waals surface area contributed by atoms with Gasteiger partial charge in [0.15, 0.2) is 0 Å². The maximum absolute atomic E-state index is 6.20. The molecule has 4 aromatic rings. The maximum atomic E-state index is 6.20. The molecule has 0 aliphatic carbocycles. The predicted octanol–water partition coefficient (Wildman–Crippen LogP) is 4.95. The zero-order valence-electron chi connectivity index (χ0n) is 16.2. The molecule has 0 bridgehead atoms. The minimum atomic E-state index is 0.266. The number of anilines is 4. The SMILES string of the molecule is CC(C)n1cnc2c(Nc3nccc(NCc4ccc(I)cc4)n3)ccc(N)c21. The van der Waals surface area contributed by atoms with E-state index in [9.17, 15) is 0 Å². The van der Waals surface area contributed by atoms with Crippen LogP contribution in [0.5, 0.6) is 0 Å². The molecule has 2 aromatic carbocycles. The van der Waals surface area contributed by atoms with Crippen LogP contribution < -0.4 is 16.4 Å². The smallest absolute Gasteiger partial charge is 0.229 e. The normalized spacial score (nSPS) is 11.2. The topological polar surface area (TPSA) is 93.7 Å². The van der Waals surface area contributed by atoms with Gasteiger partial charge < -0.3 is 20.9 Å². The van der Waals surface area contributed by atoms with Gasteiger partial charge in [-0.25, -0.2) is 9.97 Å². The average molecular weight is 499 g/mol. The van der Waals surface area contributed by atoms with Gasteiger partial charge in [0.25, 0.3) is 0 Å². The third kappa shape index (κ3) is 4.26. The summed E-state index contributed by atoms with van der Waals surface area (Å²) in [4.78, 5) is 13.5. The lowest BCUT2D eigenvalue weighted by Crippen LogP contribution is -2.05. The molecule has 2 aromatic heterocycles. The van der Waals surface area contributed by atoms with Gasteiger partial charge in [0.2, 0.25) is 5.95 Å². The summed E-state index contributed by atoms with van der Waals surface area (Å²) in [5.41, 5.74) is 10.6. The minimum absolute atomic E-state index is 0.266. The Hall–Kier alpha value is -2.88. The van der Waals surface area contributed by atoms with Gasteiger partial charge in [-0.2, -0.15) is 4.98 Å². The summed E-state index contributed by atoms with van der Waals surface area (Å²) < 4.78 is 3.28. The van der Waals surface area contributed by atoms with Gasteiger partial charge in [0, 0.05) is 22.4 Å². The number of rotatable bonds is 6. The summed E-state index contributed by atoms with van der Waals surface area (Å²) in [6.45, 7) is 4.90. The highest BCUT2D eigenvalue weighted by Crippen LogP contribution is 2.30. The van der Waals surface area contributed by atoms with Crippen molar-refractivity contribution in [1.29, 1.82) is 0 Å². The standard InChI is InChI=1S/C21H22IN7/c1-13(2)29-12-26-19-17(8-7-16(23)20(19)29)27-21-24-10-9-18(28-21)25-11-14-3-5-15(22)6-4-14/h3-10,12-13H,11,23H2,1-2H3,(H2,24,25,27,28). The van der Waals surface area contributed by atoms with E-state index in [2.05, 4.69) is 90.9 Å². The Labute approximate surface area is 182 Å². The number of hydrogen-bond acceptors (Lipinski definition) is 6. The van der Waals surface area contributed by atoms with E-state index in [-0.39, 0.29) is 6.04 Å². The van der Waals surface area contributed by atoms with Crippen LogP contribution in [0.15, 0.2) is 55.0 Å². The maximum Gasteiger partial charge on any atom is 0.229 e. The molecule has 7 nitrogen and oxygen atoms in total. The van der Waals surface area contributed by atoms with Crippen LogP contribution in [-0.4, -0.2) is 19.5 Å². The molecule has 2 heterocycles. The highest BCUT2D eigenvalue weighted by Gasteiger charge is 2.13. The number of nitrogens with zero attached hydrogens (tertiary/aromatic N) is 4. The molecule has 0 atom stereocenters. The molecule has 0 saturated heterocycles. The molecular weight excluding hydrogens is 477 g/mol. The first-order chi connectivity index (χ1) is 14.0. The second-order valence-corrected chi connectivity index (χ2v) is 8.26. The largest absolute Gasteiger partial charge is 0.397 e.